The third-order valence-electron chi connectivity index (χ3n) is 1.54. The summed E-state index contributed by atoms with van der Waals surface area (Å²) >= 11 is 4.70. The molecule has 6 heteroatoms. The molecule has 66 valence electrons. The first-order chi connectivity index (χ1) is 6.27. The number of nitrogens with zero attached hydrogens (tertiary/aromatic N) is 2. The zero-order valence-corrected chi connectivity index (χ0v) is 7.34. The van der Waals surface area contributed by atoms with Crippen LogP contribution in [0.4, 0.5) is 5.69 Å². The molecule has 0 aliphatic carbocycles. The summed E-state index contributed by atoms with van der Waals surface area (Å²) in [5, 5.41) is 10.4. The van der Waals surface area contributed by atoms with E-state index in [-0.39, 0.29) is 5.11 Å². The molecule has 0 amide bonds. The summed E-state index contributed by atoms with van der Waals surface area (Å²) in [6.07, 6.45) is 0. The molecule has 1 heterocycles. The molecule has 0 saturated carbocycles. The monoisotopic (exact) mass is 194 g/mol. The molecule has 0 saturated heterocycles. The van der Waals surface area contributed by atoms with Crippen molar-refractivity contribution in [1.29, 1.82) is 0 Å². The molecule has 0 bridgehead atoms. The van der Waals surface area contributed by atoms with Crippen LogP contribution in [0.25, 0.3) is 11.0 Å². The number of rotatable bonds is 1. The Bertz CT molecular complexity index is 452. The Morgan fingerprint density at radius 3 is 3.08 bits per heavy atom. The third-order valence-corrected chi connectivity index (χ3v) is 1.65. The van der Waals surface area contributed by atoms with Crippen LogP contribution in [0.15, 0.2) is 22.8 Å². The molecule has 0 unspecified atom stereocenters. The number of nitrogens with one attached hydrogen (secondary N) is 1. The number of benzene rings is 1. The number of hydrogen-bond acceptors (Lipinski definition) is 4. The van der Waals surface area contributed by atoms with E-state index in [1.165, 1.54) is 0 Å². The molecule has 1 aromatic heterocycles. The van der Waals surface area contributed by atoms with Gasteiger partial charge in [0, 0.05) is 0 Å². The molecular weight excluding hydrogens is 188 g/mol. The Balaban J connectivity index is 2.54. The van der Waals surface area contributed by atoms with Crippen molar-refractivity contribution in [3.8, 4) is 0 Å². The average Bonchev–Trinajstić information content (AvgIpc) is 2.51. The number of hydrogen-bond donors (Lipinski definition) is 2. The van der Waals surface area contributed by atoms with E-state index >= 15 is 0 Å². The van der Waals surface area contributed by atoms with Crippen molar-refractivity contribution in [2.45, 2.75) is 0 Å². The van der Waals surface area contributed by atoms with Crippen LogP contribution < -0.4 is 11.1 Å². The van der Waals surface area contributed by atoms with Gasteiger partial charge in [-0.25, -0.2) is 4.63 Å². The van der Waals surface area contributed by atoms with Gasteiger partial charge in [-0.2, -0.15) is 0 Å². The van der Waals surface area contributed by atoms with Crippen molar-refractivity contribution in [3.05, 3.63) is 18.2 Å². The van der Waals surface area contributed by atoms with E-state index in [1.807, 2.05) is 6.07 Å². The van der Waals surface area contributed by atoms with Crippen molar-refractivity contribution >= 4 is 34.1 Å². The summed E-state index contributed by atoms with van der Waals surface area (Å²) in [5.41, 5.74) is 7.31. The van der Waals surface area contributed by atoms with E-state index in [1.54, 1.807) is 12.1 Å². The first-order valence-electron chi connectivity index (χ1n) is 3.55. The quantitative estimate of drug-likeness (QED) is 0.656. The first kappa shape index (κ1) is 7.93. The normalized spacial score (nSPS) is 10.2. The molecule has 2 rings (SSSR count). The third kappa shape index (κ3) is 1.43. The maximum atomic E-state index is 5.33. The molecule has 0 aliphatic heterocycles. The van der Waals surface area contributed by atoms with Crippen molar-refractivity contribution in [2.75, 3.05) is 5.32 Å². The van der Waals surface area contributed by atoms with Crippen molar-refractivity contribution in [2.24, 2.45) is 5.73 Å². The van der Waals surface area contributed by atoms with Gasteiger partial charge in [-0.3, -0.25) is 0 Å². The molecule has 0 fully saturated rings. The second kappa shape index (κ2) is 2.98. The molecule has 0 spiro atoms. The summed E-state index contributed by atoms with van der Waals surface area (Å²) < 4.78 is 4.56. The highest BCUT2D eigenvalue weighted by molar-refractivity contribution is 7.80. The van der Waals surface area contributed by atoms with Crippen LogP contribution in [0.3, 0.4) is 0 Å². The maximum absolute atomic E-state index is 5.33. The van der Waals surface area contributed by atoms with E-state index in [0.717, 1.165) is 0 Å². The summed E-state index contributed by atoms with van der Waals surface area (Å²) in [4.78, 5) is 0. The standard InChI is InChI=1S/C7H6N4OS/c8-7(13)9-4-2-1-3-5-6(4)11-12-10-5/h1-3H,(H3,8,9,13). The number of aromatic nitrogens is 2. The maximum Gasteiger partial charge on any atom is 0.168 e. The molecule has 2 aromatic rings. The van der Waals surface area contributed by atoms with Gasteiger partial charge >= 0.3 is 0 Å². The lowest BCUT2D eigenvalue weighted by atomic mass is 10.3. The molecule has 0 aliphatic rings. The molecule has 3 N–H and O–H groups in total. The van der Waals surface area contributed by atoms with Gasteiger partial charge in [0.25, 0.3) is 0 Å². The Hall–Kier alpha value is -1.69. The van der Waals surface area contributed by atoms with Gasteiger partial charge in [-0.15, -0.1) is 0 Å². The lowest BCUT2D eigenvalue weighted by Crippen LogP contribution is -2.18. The van der Waals surface area contributed by atoms with E-state index in [4.69, 9.17) is 18.0 Å². The minimum Gasteiger partial charge on any atom is -0.376 e. The van der Waals surface area contributed by atoms with Gasteiger partial charge in [0.1, 0.15) is 5.52 Å². The lowest BCUT2D eigenvalue weighted by molar-refractivity contribution is 0.315. The van der Waals surface area contributed by atoms with E-state index in [9.17, 15) is 0 Å². The molecule has 13 heavy (non-hydrogen) atoms. The van der Waals surface area contributed by atoms with Crippen molar-refractivity contribution < 1.29 is 4.63 Å². The average molecular weight is 194 g/mol. The summed E-state index contributed by atoms with van der Waals surface area (Å²) in [6.45, 7) is 0. The van der Waals surface area contributed by atoms with Crippen LogP contribution in [0.2, 0.25) is 0 Å². The number of anilines is 1. The topological polar surface area (TPSA) is 77.0 Å². The van der Waals surface area contributed by atoms with Gasteiger partial charge in [0.15, 0.2) is 10.6 Å². The smallest absolute Gasteiger partial charge is 0.168 e. The van der Waals surface area contributed by atoms with Crippen LogP contribution in [-0.2, 0) is 0 Å². The zero-order chi connectivity index (χ0) is 9.26. The highest BCUT2D eigenvalue weighted by atomic mass is 32.1. The number of thiocarbonyl (C=S) groups is 1. The van der Waals surface area contributed by atoms with Crippen LogP contribution in [-0.4, -0.2) is 15.4 Å². The highest BCUT2D eigenvalue weighted by Gasteiger charge is 2.05. The Morgan fingerprint density at radius 1 is 1.46 bits per heavy atom. The Kier molecular flexibility index (Phi) is 1.82. The van der Waals surface area contributed by atoms with Crippen LogP contribution in [0.1, 0.15) is 0 Å². The first-order valence-corrected chi connectivity index (χ1v) is 3.96. The molecular formula is C7H6N4OS. The van der Waals surface area contributed by atoms with Gasteiger partial charge in [0.05, 0.1) is 5.69 Å². The Morgan fingerprint density at radius 2 is 2.31 bits per heavy atom. The minimum atomic E-state index is 0.190. The molecule has 5 nitrogen and oxygen atoms in total. The summed E-state index contributed by atoms with van der Waals surface area (Å²) in [7, 11) is 0. The van der Waals surface area contributed by atoms with Crippen LogP contribution >= 0.6 is 12.2 Å². The van der Waals surface area contributed by atoms with Gasteiger partial charge in [0.2, 0.25) is 0 Å². The van der Waals surface area contributed by atoms with Crippen molar-refractivity contribution in [3.63, 3.8) is 0 Å². The van der Waals surface area contributed by atoms with E-state index in [0.29, 0.717) is 16.7 Å². The number of nitrogens with two attached hydrogens (primary N) is 1. The molecule has 0 radical (unpaired) electrons. The Labute approximate surface area is 78.9 Å². The fourth-order valence-corrected chi connectivity index (χ4v) is 1.15. The van der Waals surface area contributed by atoms with E-state index < -0.39 is 0 Å². The van der Waals surface area contributed by atoms with Crippen molar-refractivity contribution in [1.82, 2.24) is 10.3 Å². The zero-order valence-electron chi connectivity index (χ0n) is 6.52. The van der Waals surface area contributed by atoms with E-state index in [2.05, 4.69) is 20.3 Å². The second-order valence-corrected chi connectivity index (χ2v) is 2.87. The fourth-order valence-electron chi connectivity index (χ4n) is 1.04. The SMILES string of the molecule is NC(=S)Nc1cccc2nonc12. The second-order valence-electron chi connectivity index (χ2n) is 2.43. The lowest BCUT2D eigenvalue weighted by Gasteiger charge is -2.01. The van der Waals surface area contributed by atoms with Crippen LogP contribution in [0.5, 0.6) is 0 Å². The van der Waals surface area contributed by atoms with Gasteiger partial charge < -0.3 is 11.1 Å². The van der Waals surface area contributed by atoms with Gasteiger partial charge in [-0.1, -0.05) is 6.07 Å². The summed E-state index contributed by atoms with van der Waals surface area (Å²) in [6, 6.07) is 5.40. The van der Waals surface area contributed by atoms with Gasteiger partial charge in [-0.05, 0) is 34.7 Å². The molecule has 0 atom stereocenters. The predicted octanol–water partition coefficient (Wildman–Crippen LogP) is 0.878. The largest absolute Gasteiger partial charge is 0.376 e. The van der Waals surface area contributed by atoms with Crippen LogP contribution in [0, 0.1) is 0 Å². The number of fused-ring (bicyclic) bond motifs is 1. The minimum absolute atomic E-state index is 0.190. The summed E-state index contributed by atoms with van der Waals surface area (Å²) in [5.74, 6) is 0. The fraction of sp³-hybridized carbons (Fsp3) is 0. The highest BCUT2D eigenvalue weighted by Crippen LogP contribution is 2.18. The molecule has 1 aromatic carbocycles. The predicted molar refractivity (Wildman–Crippen MR) is 52.2 cm³/mol.